The first-order valence-corrected chi connectivity index (χ1v) is 8.18. The van der Waals surface area contributed by atoms with E-state index in [0.717, 1.165) is 37.9 Å². The summed E-state index contributed by atoms with van der Waals surface area (Å²) < 4.78 is 29.1. The molecule has 0 bridgehead atoms. The maximum absolute atomic E-state index is 13.8. The first-order valence-electron chi connectivity index (χ1n) is 8.18. The SMILES string of the molecule is Cc1cnc(C)n1CC1CCCN(Cc2ccc(F)cc2F)C1. The van der Waals surface area contributed by atoms with E-state index in [2.05, 4.69) is 21.4 Å². The highest BCUT2D eigenvalue weighted by molar-refractivity contribution is 5.18. The van der Waals surface area contributed by atoms with Gasteiger partial charge in [-0.2, -0.15) is 0 Å². The number of rotatable bonds is 4. The van der Waals surface area contributed by atoms with Gasteiger partial charge in [-0.05, 0) is 45.2 Å². The molecule has 124 valence electrons. The van der Waals surface area contributed by atoms with Crippen molar-refractivity contribution in [3.63, 3.8) is 0 Å². The largest absolute Gasteiger partial charge is 0.332 e. The first-order chi connectivity index (χ1) is 11.0. The van der Waals surface area contributed by atoms with Gasteiger partial charge >= 0.3 is 0 Å². The molecule has 3 nitrogen and oxygen atoms in total. The fourth-order valence-electron chi connectivity index (χ4n) is 3.45. The van der Waals surface area contributed by atoms with Crippen molar-refractivity contribution in [1.29, 1.82) is 0 Å². The van der Waals surface area contributed by atoms with Crippen molar-refractivity contribution in [2.75, 3.05) is 13.1 Å². The van der Waals surface area contributed by atoms with Crippen molar-refractivity contribution in [3.05, 3.63) is 53.1 Å². The van der Waals surface area contributed by atoms with Crippen LogP contribution in [-0.2, 0) is 13.1 Å². The smallest absolute Gasteiger partial charge is 0.130 e. The molecule has 1 unspecified atom stereocenters. The molecule has 0 saturated carbocycles. The van der Waals surface area contributed by atoms with Gasteiger partial charge in [-0.25, -0.2) is 13.8 Å². The van der Waals surface area contributed by atoms with Crippen LogP contribution in [0.15, 0.2) is 24.4 Å². The number of hydrogen-bond acceptors (Lipinski definition) is 2. The van der Waals surface area contributed by atoms with Crippen molar-refractivity contribution < 1.29 is 8.78 Å². The van der Waals surface area contributed by atoms with Crippen LogP contribution >= 0.6 is 0 Å². The van der Waals surface area contributed by atoms with Gasteiger partial charge in [0.05, 0.1) is 0 Å². The number of piperidine rings is 1. The van der Waals surface area contributed by atoms with E-state index in [0.29, 0.717) is 18.0 Å². The molecule has 3 rings (SSSR count). The van der Waals surface area contributed by atoms with Crippen LogP contribution < -0.4 is 0 Å². The monoisotopic (exact) mass is 319 g/mol. The molecule has 0 aliphatic carbocycles. The molecule has 1 aromatic carbocycles. The summed E-state index contributed by atoms with van der Waals surface area (Å²) >= 11 is 0. The highest BCUT2D eigenvalue weighted by atomic mass is 19.1. The molecule has 1 saturated heterocycles. The van der Waals surface area contributed by atoms with Gasteiger partial charge in [0.2, 0.25) is 0 Å². The lowest BCUT2D eigenvalue weighted by atomic mass is 9.97. The van der Waals surface area contributed by atoms with Gasteiger partial charge < -0.3 is 4.57 Å². The van der Waals surface area contributed by atoms with Crippen LogP contribution in [0.3, 0.4) is 0 Å². The molecular weight excluding hydrogens is 296 g/mol. The van der Waals surface area contributed by atoms with Crippen LogP contribution in [0.25, 0.3) is 0 Å². The Hall–Kier alpha value is -1.75. The summed E-state index contributed by atoms with van der Waals surface area (Å²) in [4.78, 5) is 6.62. The highest BCUT2D eigenvalue weighted by Gasteiger charge is 2.22. The quantitative estimate of drug-likeness (QED) is 0.857. The first kappa shape index (κ1) is 16.1. The minimum absolute atomic E-state index is 0.451. The van der Waals surface area contributed by atoms with Crippen LogP contribution in [0.4, 0.5) is 8.78 Å². The zero-order chi connectivity index (χ0) is 16.4. The number of benzene rings is 1. The van der Waals surface area contributed by atoms with Gasteiger partial charge in [0, 0.05) is 43.2 Å². The summed E-state index contributed by atoms with van der Waals surface area (Å²) in [6.45, 7) is 7.52. The molecule has 5 heteroatoms. The predicted octanol–water partition coefficient (Wildman–Crippen LogP) is 3.69. The average Bonchev–Trinajstić information content (AvgIpc) is 2.83. The van der Waals surface area contributed by atoms with E-state index in [-0.39, 0.29) is 0 Å². The predicted molar refractivity (Wildman–Crippen MR) is 86.1 cm³/mol. The number of nitrogens with zero attached hydrogens (tertiary/aromatic N) is 3. The molecular formula is C18H23F2N3. The molecule has 1 aromatic heterocycles. The lowest BCUT2D eigenvalue weighted by Crippen LogP contribution is -2.37. The second kappa shape index (κ2) is 6.79. The summed E-state index contributed by atoms with van der Waals surface area (Å²) in [5.41, 5.74) is 1.76. The van der Waals surface area contributed by atoms with Crippen LogP contribution in [0, 0.1) is 31.4 Å². The second-order valence-electron chi connectivity index (χ2n) is 6.54. The Morgan fingerprint density at radius 1 is 1.26 bits per heavy atom. The van der Waals surface area contributed by atoms with Gasteiger partial charge in [0.25, 0.3) is 0 Å². The van der Waals surface area contributed by atoms with E-state index in [1.807, 2.05) is 13.1 Å². The standard InChI is InChI=1S/C18H23F2N3/c1-13-9-21-14(2)23(13)11-15-4-3-7-22(10-15)12-16-5-6-17(19)8-18(16)20/h5-6,8-9,15H,3-4,7,10-12H2,1-2H3. The number of halogens is 2. The Morgan fingerprint density at radius 3 is 2.78 bits per heavy atom. The number of aryl methyl sites for hydroxylation is 2. The van der Waals surface area contributed by atoms with E-state index in [1.165, 1.54) is 18.2 Å². The third-order valence-corrected chi connectivity index (χ3v) is 4.71. The fraction of sp³-hybridized carbons (Fsp3) is 0.500. The fourth-order valence-corrected chi connectivity index (χ4v) is 3.45. The third-order valence-electron chi connectivity index (χ3n) is 4.71. The van der Waals surface area contributed by atoms with E-state index in [9.17, 15) is 8.78 Å². The number of likely N-dealkylation sites (tertiary alicyclic amines) is 1. The molecule has 1 atom stereocenters. The molecule has 2 aromatic rings. The van der Waals surface area contributed by atoms with Crippen molar-refractivity contribution in [2.45, 2.75) is 39.8 Å². The molecule has 0 N–H and O–H groups in total. The summed E-state index contributed by atoms with van der Waals surface area (Å²) in [6, 6.07) is 3.85. The maximum Gasteiger partial charge on any atom is 0.130 e. The van der Waals surface area contributed by atoms with Crippen LogP contribution in [-0.4, -0.2) is 27.5 Å². The summed E-state index contributed by atoms with van der Waals surface area (Å²) in [5.74, 6) is 0.616. The number of imidazole rings is 1. The lowest BCUT2D eigenvalue weighted by molar-refractivity contribution is 0.153. The summed E-state index contributed by atoms with van der Waals surface area (Å²) in [6.07, 6.45) is 4.20. The van der Waals surface area contributed by atoms with E-state index >= 15 is 0 Å². The number of hydrogen-bond donors (Lipinski definition) is 0. The maximum atomic E-state index is 13.8. The van der Waals surface area contributed by atoms with E-state index in [4.69, 9.17) is 0 Å². The molecule has 23 heavy (non-hydrogen) atoms. The number of aromatic nitrogens is 2. The average molecular weight is 319 g/mol. The Kier molecular flexibility index (Phi) is 4.76. The third kappa shape index (κ3) is 3.78. The van der Waals surface area contributed by atoms with Crippen LogP contribution in [0.2, 0.25) is 0 Å². The summed E-state index contributed by atoms with van der Waals surface area (Å²) in [5, 5.41) is 0. The minimum Gasteiger partial charge on any atom is -0.332 e. The Labute approximate surface area is 135 Å². The Balaban J connectivity index is 1.64. The molecule has 1 aliphatic rings. The topological polar surface area (TPSA) is 21.1 Å². The van der Waals surface area contributed by atoms with Gasteiger partial charge in [0.15, 0.2) is 0 Å². The Morgan fingerprint density at radius 2 is 2.09 bits per heavy atom. The van der Waals surface area contributed by atoms with Crippen molar-refractivity contribution in [3.8, 4) is 0 Å². The molecule has 1 fully saturated rings. The van der Waals surface area contributed by atoms with Crippen molar-refractivity contribution in [2.24, 2.45) is 5.92 Å². The molecule has 2 heterocycles. The zero-order valence-corrected chi connectivity index (χ0v) is 13.7. The lowest BCUT2D eigenvalue weighted by Gasteiger charge is -2.33. The van der Waals surface area contributed by atoms with Gasteiger partial charge in [-0.1, -0.05) is 6.07 Å². The van der Waals surface area contributed by atoms with Crippen molar-refractivity contribution in [1.82, 2.24) is 14.5 Å². The molecule has 0 spiro atoms. The molecule has 1 aliphatic heterocycles. The highest BCUT2D eigenvalue weighted by Crippen LogP contribution is 2.22. The second-order valence-corrected chi connectivity index (χ2v) is 6.54. The molecule has 0 radical (unpaired) electrons. The normalized spacial score (nSPS) is 19.2. The zero-order valence-electron chi connectivity index (χ0n) is 13.7. The van der Waals surface area contributed by atoms with Gasteiger partial charge in [0.1, 0.15) is 17.5 Å². The summed E-state index contributed by atoms with van der Waals surface area (Å²) in [7, 11) is 0. The molecule has 0 amide bonds. The van der Waals surface area contributed by atoms with Crippen molar-refractivity contribution >= 4 is 0 Å². The van der Waals surface area contributed by atoms with Gasteiger partial charge in [-0.3, -0.25) is 4.90 Å². The van der Waals surface area contributed by atoms with E-state index in [1.54, 1.807) is 6.07 Å². The Bertz CT molecular complexity index is 661. The van der Waals surface area contributed by atoms with Gasteiger partial charge in [-0.15, -0.1) is 0 Å². The van der Waals surface area contributed by atoms with E-state index < -0.39 is 11.6 Å². The van der Waals surface area contributed by atoms with Crippen LogP contribution in [0.5, 0.6) is 0 Å². The minimum atomic E-state index is -0.520. The van der Waals surface area contributed by atoms with Crippen LogP contribution in [0.1, 0.15) is 29.9 Å².